The van der Waals surface area contributed by atoms with Crippen molar-refractivity contribution < 1.29 is 0 Å². The average Bonchev–Trinajstić information content (AvgIpc) is 3.20. The Morgan fingerprint density at radius 1 is 1.45 bits per heavy atom. The fourth-order valence-electron chi connectivity index (χ4n) is 2.40. The van der Waals surface area contributed by atoms with E-state index in [0.717, 1.165) is 16.5 Å². The maximum Gasteiger partial charge on any atom is 0.226 e. The summed E-state index contributed by atoms with van der Waals surface area (Å²) < 4.78 is 2.81. The minimum atomic E-state index is 0.131. The van der Waals surface area contributed by atoms with Crippen LogP contribution in [-0.4, -0.2) is 21.8 Å². The van der Waals surface area contributed by atoms with Crippen LogP contribution in [0.3, 0.4) is 0 Å². The van der Waals surface area contributed by atoms with Crippen LogP contribution in [0, 0.1) is 4.77 Å². The van der Waals surface area contributed by atoms with Gasteiger partial charge < -0.3 is 4.90 Å². The lowest BCUT2D eigenvalue weighted by Gasteiger charge is -2.27. The molecule has 0 bridgehead atoms. The van der Waals surface area contributed by atoms with Crippen LogP contribution >= 0.6 is 23.8 Å². The summed E-state index contributed by atoms with van der Waals surface area (Å²) in [6.45, 7) is 2.12. The Bertz CT molecular complexity index is 674. The summed E-state index contributed by atoms with van der Waals surface area (Å²) >= 11 is 11.6. The summed E-state index contributed by atoms with van der Waals surface area (Å²) in [4.78, 5) is 2.12. The third-order valence-electron chi connectivity index (χ3n) is 3.85. The molecule has 0 amide bonds. The zero-order valence-electron chi connectivity index (χ0n) is 11.5. The number of H-pyrrole nitrogens is 1. The first kappa shape index (κ1) is 13.6. The van der Waals surface area contributed by atoms with E-state index in [1.807, 2.05) is 31.3 Å². The Kier molecular flexibility index (Phi) is 3.56. The molecule has 0 spiro atoms. The monoisotopic (exact) mass is 308 g/mol. The highest BCUT2D eigenvalue weighted by atomic mass is 35.5. The highest BCUT2D eigenvalue weighted by molar-refractivity contribution is 7.71. The largest absolute Gasteiger partial charge is 0.337 e. The number of nitrogens with one attached hydrogen (secondary N) is 1. The van der Waals surface area contributed by atoms with Gasteiger partial charge in [0.25, 0.3) is 0 Å². The molecular formula is C14H17ClN4S. The van der Waals surface area contributed by atoms with Crippen molar-refractivity contribution >= 4 is 29.8 Å². The van der Waals surface area contributed by atoms with E-state index in [0.29, 0.717) is 10.8 Å². The minimum Gasteiger partial charge on any atom is -0.337 e. The molecule has 1 fully saturated rings. The first-order valence-electron chi connectivity index (χ1n) is 6.73. The smallest absolute Gasteiger partial charge is 0.226 e. The number of anilines is 1. The summed E-state index contributed by atoms with van der Waals surface area (Å²) in [5.41, 5.74) is 1.09. The van der Waals surface area contributed by atoms with Crippen LogP contribution in [0.4, 0.5) is 5.95 Å². The standard InChI is InChI=1S/C14H17ClN4S/c1-9(11-5-3-4-6-12(11)15)18(2)13-16-17-14(20)19(13)10-7-8-10/h3-6,9-10H,7-8H2,1-2H3,(H,17,20). The fourth-order valence-corrected chi connectivity index (χ4v) is 2.97. The van der Waals surface area contributed by atoms with Crippen molar-refractivity contribution in [3.8, 4) is 0 Å². The maximum atomic E-state index is 6.29. The van der Waals surface area contributed by atoms with E-state index >= 15 is 0 Å². The quantitative estimate of drug-likeness (QED) is 0.863. The van der Waals surface area contributed by atoms with Crippen LogP contribution in [0.2, 0.25) is 5.02 Å². The lowest BCUT2D eigenvalue weighted by Crippen LogP contribution is -2.25. The summed E-state index contributed by atoms with van der Waals surface area (Å²) in [6.07, 6.45) is 2.35. The van der Waals surface area contributed by atoms with E-state index in [1.165, 1.54) is 12.8 Å². The molecule has 2 aromatic rings. The first-order chi connectivity index (χ1) is 9.59. The van der Waals surface area contributed by atoms with Gasteiger partial charge in [0, 0.05) is 18.1 Å². The molecule has 20 heavy (non-hydrogen) atoms. The second-order valence-electron chi connectivity index (χ2n) is 5.24. The van der Waals surface area contributed by atoms with Crippen LogP contribution in [-0.2, 0) is 0 Å². The molecule has 4 nitrogen and oxygen atoms in total. The van der Waals surface area contributed by atoms with Crippen LogP contribution in [0.5, 0.6) is 0 Å². The third-order valence-corrected chi connectivity index (χ3v) is 4.48. The number of halogens is 1. The summed E-state index contributed by atoms with van der Waals surface area (Å²) in [7, 11) is 2.03. The average molecular weight is 309 g/mol. The molecule has 1 aromatic heterocycles. The summed E-state index contributed by atoms with van der Waals surface area (Å²) in [5.74, 6) is 0.880. The van der Waals surface area contributed by atoms with Crippen LogP contribution in [0.1, 0.15) is 37.4 Å². The third kappa shape index (κ3) is 2.36. The number of hydrogen-bond donors (Lipinski definition) is 1. The van der Waals surface area contributed by atoms with E-state index < -0.39 is 0 Å². The molecular weight excluding hydrogens is 292 g/mol. The Balaban J connectivity index is 1.95. The number of rotatable bonds is 4. The molecule has 0 radical (unpaired) electrons. The molecule has 1 aliphatic carbocycles. The van der Waals surface area contributed by atoms with Crippen LogP contribution in [0.15, 0.2) is 24.3 Å². The highest BCUT2D eigenvalue weighted by Gasteiger charge is 2.30. The normalized spacial score (nSPS) is 16.1. The Morgan fingerprint density at radius 2 is 2.15 bits per heavy atom. The second kappa shape index (κ2) is 5.22. The van der Waals surface area contributed by atoms with E-state index in [-0.39, 0.29) is 6.04 Å². The van der Waals surface area contributed by atoms with E-state index in [2.05, 4.69) is 26.6 Å². The van der Waals surface area contributed by atoms with E-state index in [1.54, 1.807) is 0 Å². The lowest BCUT2D eigenvalue weighted by atomic mass is 10.1. The Labute approximate surface area is 128 Å². The predicted octanol–water partition coefficient (Wildman–Crippen LogP) is 4.13. The molecule has 0 aliphatic heterocycles. The number of benzene rings is 1. The SMILES string of the molecule is CC(c1ccccc1Cl)N(C)c1n[nH]c(=S)n1C1CC1. The Hall–Kier alpha value is -1.33. The van der Waals surface area contributed by atoms with Crippen molar-refractivity contribution in [1.82, 2.24) is 14.8 Å². The van der Waals surface area contributed by atoms with E-state index in [4.69, 9.17) is 23.8 Å². The van der Waals surface area contributed by atoms with Crippen molar-refractivity contribution in [2.75, 3.05) is 11.9 Å². The van der Waals surface area contributed by atoms with Crippen molar-refractivity contribution in [3.63, 3.8) is 0 Å². The molecule has 0 saturated heterocycles. The summed E-state index contributed by atoms with van der Waals surface area (Å²) in [6, 6.07) is 8.54. The molecule has 1 heterocycles. The maximum absolute atomic E-state index is 6.29. The van der Waals surface area contributed by atoms with Gasteiger partial charge in [-0.1, -0.05) is 29.8 Å². The van der Waals surface area contributed by atoms with Gasteiger partial charge in [0.15, 0.2) is 4.77 Å². The van der Waals surface area contributed by atoms with Crippen molar-refractivity contribution in [3.05, 3.63) is 39.6 Å². The van der Waals surface area contributed by atoms with Gasteiger partial charge in [-0.05, 0) is 43.6 Å². The summed E-state index contributed by atoms with van der Waals surface area (Å²) in [5, 5.41) is 8.06. The topological polar surface area (TPSA) is 36.9 Å². The van der Waals surface area contributed by atoms with E-state index in [9.17, 15) is 0 Å². The van der Waals surface area contributed by atoms with Gasteiger partial charge in [-0.2, -0.15) is 0 Å². The van der Waals surface area contributed by atoms with Gasteiger partial charge in [-0.25, -0.2) is 5.10 Å². The van der Waals surface area contributed by atoms with Crippen molar-refractivity contribution in [2.24, 2.45) is 0 Å². The molecule has 6 heteroatoms. The number of nitrogens with zero attached hydrogens (tertiary/aromatic N) is 3. The number of aromatic nitrogens is 3. The molecule has 3 rings (SSSR count). The van der Waals surface area contributed by atoms with Gasteiger partial charge in [0.05, 0.1) is 6.04 Å². The van der Waals surface area contributed by atoms with Gasteiger partial charge in [-0.15, -0.1) is 5.10 Å². The van der Waals surface area contributed by atoms with Gasteiger partial charge >= 0.3 is 0 Å². The van der Waals surface area contributed by atoms with Crippen molar-refractivity contribution in [1.29, 1.82) is 0 Å². The molecule has 1 aromatic carbocycles. The minimum absolute atomic E-state index is 0.131. The molecule has 1 saturated carbocycles. The molecule has 1 atom stereocenters. The fraction of sp³-hybridized carbons (Fsp3) is 0.429. The number of aromatic amines is 1. The van der Waals surface area contributed by atoms with Crippen molar-refractivity contribution in [2.45, 2.75) is 31.8 Å². The molecule has 106 valence electrons. The zero-order valence-corrected chi connectivity index (χ0v) is 13.1. The highest BCUT2D eigenvalue weighted by Crippen LogP contribution is 2.39. The molecule has 1 N–H and O–H groups in total. The molecule has 1 aliphatic rings. The number of hydrogen-bond acceptors (Lipinski definition) is 3. The second-order valence-corrected chi connectivity index (χ2v) is 6.03. The van der Waals surface area contributed by atoms with Gasteiger partial charge in [-0.3, -0.25) is 4.57 Å². The first-order valence-corrected chi connectivity index (χ1v) is 7.52. The van der Waals surface area contributed by atoms with Crippen LogP contribution in [0.25, 0.3) is 0 Å². The van der Waals surface area contributed by atoms with Gasteiger partial charge in [0.1, 0.15) is 0 Å². The van der Waals surface area contributed by atoms with Gasteiger partial charge in [0.2, 0.25) is 5.95 Å². The Morgan fingerprint density at radius 3 is 2.80 bits per heavy atom. The lowest BCUT2D eigenvalue weighted by molar-refractivity contribution is 0.654. The van der Waals surface area contributed by atoms with Crippen LogP contribution < -0.4 is 4.90 Å². The molecule has 1 unspecified atom stereocenters. The zero-order chi connectivity index (χ0) is 14.3. The predicted molar refractivity (Wildman–Crippen MR) is 84.0 cm³/mol.